The van der Waals surface area contributed by atoms with Crippen molar-refractivity contribution in [3.05, 3.63) is 112 Å². The van der Waals surface area contributed by atoms with E-state index in [1.165, 1.54) is 23.9 Å². The highest BCUT2D eigenvalue weighted by Crippen LogP contribution is 2.44. The van der Waals surface area contributed by atoms with Gasteiger partial charge in [-0.1, -0.05) is 65.9 Å². The van der Waals surface area contributed by atoms with Crippen LogP contribution in [0.15, 0.2) is 89.4 Å². The molecule has 222 valence electrons. The van der Waals surface area contributed by atoms with Crippen LogP contribution in [0.3, 0.4) is 0 Å². The molecule has 0 N–H and O–H groups in total. The van der Waals surface area contributed by atoms with Crippen molar-refractivity contribution in [1.29, 1.82) is 0 Å². The molecule has 1 heterocycles. The highest BCUT2D eigenvalue weighted by atomic mass is 32.2. The van der Waals surface area contributed by atoms with E-state index >= 15 is 0 Å². The molecule has 0 fully saturated rings. The van der Waals surface area contributed by atoms with Crippen molar-refractivity contribution < 1.29 is 32.2 Å². The molecule has 0 radical (unpaired) electrons. The standard InChI is InChI=1S/C34H35F3O4S/c1-6-39-32(38)33(4,5)41-28-18-17-27(20-23(28)3)40-29(21-24-10-8-7-9-11-24)31-22(2)12-19-30(42-31)25-13-15-26(16-14-25)34(35,36)37/h7-11,13-20,29H,6,12,21H2,1-5H3. The van der Waals surface area contributed by atoms with Gasteiger partial charge < -0.3 is 14.2 Å². The van der Waals surface area contributed by atoms with Crippen LogP contribution in [0.1, 0.15) is 56.4 Å². The first-order valence-electron chi connectivity index (χ1n) is 13.8. The zero-order valence-corrected chi connectivity index (χ0v) is 25.2. The molecule has 3 aromatic rings. The quantitative estimate of drug-likeness (QED) is 0.218. The lowest BCUT2D eigenvalue weighted by Gasteiger charge is -2.28. The molecule has 0 aliphatic carbocycles. The van der Waals surface area contributed by atoms with E-state index in [0.29, 0.717) is 24.3 Å². The molecular weight excluding hydrogens is 561 g/mol. The number of benzene rings is 3. The third kappa shape index (κ3) is 7.79. The molecular formula is C34H35F3O4S. The number of hydrogen-bond acceptors (Lipinski definition) is 5. The number of aryl methyl sites for hydroxylation is 1. The molecule has 1 atom stereocenters. The summed E-state index contributed by atoms with van der Waals surface area (Å²) in [6.45, 7) is 9.30. The second kappa shape index (κ2) is 13.1. The number of rotatable bonds is 10. The third-order valence-corrected chi connectivity index (χ3v) is 8.30. The number of allylic oxidation sites excluding steroid dienone is 2. The first-order valence-corrected chi connectivity index (χ1v) is 14.6. The highest BCUT2D eigenvalue weighted by Gasteiger charge is 2.33. The first kappa shape index (κ1) is 31.3. The number of hydrogen-bond donors (Lipinski definition) is 0. The summed E-state index contributed by atoms with van der Waals surface area (Å²) >= 11 is 1.53. The summed E-state index contributed by atoms with van der Waals surface area (Å²) in [4.78, 5) is 14.2. The van der Waals surface area contributed by atoms with Crippen LogP contribution in [-0.4, -0.2) is 24.3 Å². The fraction of sp³-hybridized carbons (Fsp3) is 0.324. The maximum Gasteiger partial charge on any atom is 0.416 e. The number of ether oxygens (including phenoxy) is 3. The zero-order chi connectivity index (χ0) is 30.5. The Morgan fingerprint density at radius 1 is 0.976 bits per heavy atom. The van der Waals surface area contributed by atoms with Crippen LogP contribution in [0.2, 0.25) is 0 Å². The van der Waals surface area contributed by atoms with E-state index in [1.54, 1.807) is 26.8 Å². The molecule has 0 saturated carbocycles. The SMILES string of the molecule is CCOC(=O)C(C)(C)Oc1ccc(OC(Cc2ccccc2)C2=C(C)CC=C(c3ccc(C(F)(F)F)cc3)S2)cc1C. The van der Waals surface area contributed by atoms with Gasteiger partial charge in [-0.3, -0.25) is 0 Å². The summed E-state index contributed by atoms with van der Waals surface area (Å²) in [5, 5.41) is 0. The van der Waals surface area contributed by atoms with Gasteiger partial charge in [0.1, 0.15) is 17.6 Å². The highest BCUT2D eigenvalue weighted by molar-refractivity contribution is 8.11. The largest absolute Gasteiger partial charge is 0.485 e. The Hall–Kier alpha value is -3.65. The summed E-state index contributed by atoms with van der Waals surface area (Å²) in [5.41, 5.74) is 1.96. The van der Waals surface area contributed by atoms with E-state index in [9.17, 15) is 18.0 Å². The Bertz CT molecular complexity index is 1460. The predicted molar refractivity (Wildman–Crippen MR) is 161 cm³/mol. The van der Waals surface area contributed by atoms with Gasteiger partial charge in [0.15, 0.2) is 5.60 Å². The van der Waals surface area contributed by atoms with Gasteiger partial charge in [-0.15, -0.1) is 0 Å². The molecule has 0 bridgehead atoms. The topological polar surface area (TPSA) is 44.8 Å². The Labute approximate surface area is 249 Å². The first-order chi connectivity index (χ1) is 19.9. The summed E-state index contributed by atoms with van der Waals surface area (Å²) in [6, 6.07) is 20.8. The van der Waals surface area contributed by atoms with Crippen molar-refractivity contribution in [3.8, 4) is 11.5 Å². The predicted octanol–water partition coefficient (Wildman–Crippen LogP) is 9.18. The smallest absolute Gasteiger partial charge is 0.416 e. The number of esters is 1. The number of halogens is 3. The van der Waals surface area contributed by atoms with Crippen molar-refractivity contribution in [3.63, 3.8) is 0 Å². The van der Waals surface area contributed by atoms with E-state index in [4.69, 9.17) is 14.2 Å². The van der Waals surface area contributed by atoms with Crippen LogP contribution in [0.5, 0.6) is 11.5 Å². The molecule has 4 rings (SSSR count). The summed E-state index contributed by atoms with van der Waals surface area (Å²) in [5.74, 6) is 0.748. The Balaban J connectivity index is 1.58. The van der Waals surface area contributed by atoms with Crippen molar-refractivity contribution in [2.24, 2.45) is 0 Å². The zero-order valence-electron chi connectivity index (χ0n) is 24.4. The van der Waals surface area contributed by atoms with E-state index in [1.807, 2.05) is 55.5 Å². The molecule has 4 nitrogen and oxygen atoms in total. The van der Waals surface area contributed by atoms with Gasteiger partial charge in [0.25, 0.3) is 0 Å². The number of carbonyl (C=O) groups excluding carboxylic acids is 1. The third-order valence-electron chi connectivity index (χ3n) is 6.84. The van der Waals surface area contributed by atoms with Gasteiger partial charge in [0.05, 0.1) is 12.2 Å². The molecule has 0 amide bonds. The van der Waals surface area contributed by atoms with E-state index in [2.05, 4.69) is 6.92 Å². The molecule has 1 aliphatic rings. The monoisotopic (exact) mass is 596 g/mol. The summed E-state index contributed by atoms with van der Waals surface area (Å²) in [6.07, 6.45) is -1.39. The van der Waals surface area contributed by atoms with Crippen LogP contribution in [0.25, 0.3) is 4.91 Å². The molecule has 1 aliphatic heterocycles. The average molecular weight is 597 g/mol. The Morgan fingerprint density at radius 3 is 2.29 bits per heavy atom. The van der Waals surface area contributed by atoms with Crippen molar-refractivity contribution in [2.45, 2.75) is 65.3 Å². The normalized spacial score (nSPS) is 14.7. The van der Waals surface area contributed by atoms with Crippen LogP contribution in [-0.2, 0) is 22.1 Å². The number of alkyl halides is 3. The number of thioether (sulfide) groups is 1. The molecule has 0 spiro atoms. The van der Waals surface area contributed by atoms with Gasteiger partial charge >= 0.3 is 12.1 Å². The van der Waals surface area contributed by atoms with Crippen LogP contribution in [0, 0.1) is 6.92 Å². The maximum atomic E-state index is 13.1. The van der Waals surface area contributed by atoms with Crippen LogP contribution < -0.4 is 9.47 Å². The van der Waals surface area contributed by atoms with Gasteiger partial charge in [-0.05, 0) is 88.1 Å². The lowest BCUT2D eigenvalue weighted by Crippen LogP contribution is -2.39. The van der Waals surface area contributed by atoms with Crippen LogP contribution >= 0.6 is 11.8 Å². The molecule has 3 aromatic carbocycles. The minimum atomic E-state index is -4.38. The molecule has 0 aromatic heterocycles. The van der Waals surface area contributed by atoms with Crippen molar-refractivity contribution in [2.75, 3.05) is 6.61 Å². The van der Waals surface area contributed by atoms with E-state index in [0.717, 1.165) is 44.2 Å². The minimum absolute atomic E-state index is 0.267. The maximum absolute atomic E-state index is 13.1. The Kier molecular flexibility index (Phi) is 9.77. The van der Waals surface area contributed by atoms with E-state index < -0.39 is 23.3 Å². The Morgan fingerprint density at radius 2 is 1.67 bits per heavy atom. The fourth-order valence-corrected chi connectivity index (χ4v) is 5.72. The number of carbonyl (C=O) groups is 1. The lowest BCUT2D eigenvalue weighted by molar-refractivity contribution is -0.158. The molecule has 42 heavy (non-hydrogen) atoms. The molecule has 0 saturated heterocycles. The summed E-state index contributed by atoms with van der Waals surface area (Å²) in [7, 11) is 0. The van der Waals surface area contributed by atoms with Gasteiger partial charge in [-0.2, -0.15) is 13.2 Å². The molecule has 1 unspecified atom stereocenters. The average Bonchev–Trinajstić information content (AvgIpc) is 2.95. The van der Waals surface area contributed by atoms with Gasteiger partial charge in [0.2, 0.25) is 0 Å². The van der Waals surface area contributed by atoms with Gasteiger partial charge in [0, 0.05) is 16.2 Å². The second-order valence-electron chi connectivity index (χ2n) is 10.7. The van der Waals surface area contributed by atoms with Crippen LogP contribution in [0.4, 0.5) is 13.2 Å². The minimum Gasteiger partial charge on any atom is -0.485 e. The van der Waals surface area contributed by atoms with E-state index in [-0.39, 0.29) is 12.7 Å². The molecule has 8 heteroatoms. The van der Waals surface area contributed by atoms with Gasteiger partial charge in [-0.25, -0.2) is 4.79 Å². The fourth-order valence-electron chi connectivity index (χ4n) is 4.55. The second-order valence-corrected chi connectivity index (χ2v) is 11.7. The summed E-state index contributed by atoms with van der Waals surface area (Å²) < 4.78 is 57.1. The lowest BCUT2D eigenvalue weighted by atomic mass is 10.0. The van der Waals surface area contributed by atoms with Crippen molar-refractivity contribution >= 4 is 22.6 Å². The van der Waals surface area contributed by atoms with Crippen molar-refractivity contribution in [1.82, 2.24) is 0 Å².